The monoisotopic (exact) mass is 274 g/mol. The van der Waals surface area contributed by atoms with Crippen molar-refractivity contribution in [3.8, 4) is 0 Å². The van der Waals surface area contributed by atoms with Gasteiger partial charge in [-0.15, -0.1) is 12.4 Å². The molecule has 0 radical (unpaired) electrons. The molecule has 0 aliphatic carbocycles. The van der Waals surface area contributed by atoms with Gasteiger partial charge in [-0.3, -0.25) is 4.79 Å². The molecular formula is C13H20ClFN2O. The number of halogens is 2. The SMILES string of the molecule is CCCN(CCc1cccc(F)c1)C(=O)CN.Cl. The third-order valence-corrected chi connectivity index (χ3v) is 2.58. The molecule has 0 unspecified atom stereocenters. The maximum atomic E-state index is 13.0. The second kappa shape index (κ2) is 8.89. The van der Waals surface area contributed by atoms with Crippen molar-refractivity contribution >= 4 is 18.3 Å². The first kappa shape index (κ1) is 16.9. The minimum atomic E-state index is -0.241. The van der Waals surface area contributed by atoms with Crippen LogP contribution in [0, 0.1) is 5.82 Å². The van der Waals surface area contributed by atoms with Crippen LogP contribution < -0.4 is 5.73 Å². The number of hydrogen-bond acceptors (Lipinski definition) is 2. The van der Waals surface area contributed by atoms with Crippen molar-refractivity contribution in [2.45, 2.75) is 19.8 Å². The summed E-state index contributed by atoms with van der Waals surface area (Å²) in [6.07, 6.45) is 1.55. The average molecular weight is 275 g/mol. The van der Waals surface area contributed by atoms with Gasteiger partial charge in [0.25, 0.3) is 0 Å². The number of carbonyl (C=O) groups is 1. The minimum absolute atomic E-state index is 0. The average Bonchev–Trinajstić information content (AvgIpc) is 2.33. The molecule has 0 saturated heterocycles. The summed E-state index contributed by atoms with van der Waals surface area (Å²) in [5.74, 6) is -0.294. The fourth-order valence-electron chi connectivity index (χ4n) is 1.72. The van der Waals surface area contributed by atoms with E-state index in [4.69, 9.17) is 5.73 Å². The van der Waals surface area contributed by atoms with E-state index in [1.807, 2.05) is 13.0 Å². The van der Waals surface area contributed by atoms with E-state index in [-0.39, 0.29) is 30.7 Å². The van der Waals surface area contributed by atoms with Gasteiger partial charge in [0.2, 0.25) is 5.91 Å². The van der Waals surface area contributed by atoms with Crippen LogP contribution >= 0.6 is 12.4 Å². The van der Waals surface area contributed by atoms with E-state index >= 15 is 0 Å². The van der Waals surface area contributed by atoms with E-state index < -0.39 is 0 Å². The highest BCUT2D eigenvalue weighted by atomic mass is 35.5. The Morgan fingerprint density at radius 3 is 2.67 bits per heavy atom. The Morgan fingerprint density at radius 1 is 1.39 bits per heavy atom. The van der Waals surface area contributed by atoms with Crippen LogP contribution in [0.1, 0.15) is 18.9 Å². The Morgan fingerprint density at radius 2 is 2.11 bits per heavy atom. The maximum absolute atomic E-state index is 13.0. The zero-order valence-electron chi connectivity index (χ0n) is 10.6. The largest absolute Gasteiger partial charge is 0.341 e. The van der Waals surface area contributed by atoms with Crippen LogP contribution in [0.25, 0.3) is 0 Å². The molecule has 1 aromatic carbocycles. The number of carbonyl (C=O) groups excluding carboxylic acids is 1. The normalized spacial score (nSPS) is 9.72. The number of amides is 1. The Labute approximate surface area is 114 Å². The first-order chi connectivity index (χ1) is 8.17. The van der Waals surface area contributed by atoms with Crippen LogP contribution in [0.15, 0.2) is 24.3 Å². The summed E-state index contributed by atoms with van der Waals surface area (Å²) in [4.78, 5) is 13.2. The van der Waals surface area contributed by atoms with E-state index in [0.717, 1.165) is 12.0 Å². The Hall–Kier alpha value is -1.13. The molecule has 1 rings (SSSR count). The van der Waals surface area contributed by atoms with Gasteiger partial charge in [0, 0.05) is 13.1 Å². The van der Waals surface area contributed by atoms with Crippen molar-refractivity contribution in [1.29, 1.82) is 0 Å². The van der Waals surface area contributed by atoms with Gasteiger partial charge < -0.3 is 10.6 Å². The zero-order chi connectivity index (χ0) is 12.7. The summed E-state index contributed by atoms with van der Waals surface area (Å²) in [7, 11) is 0. The van der Waals surface area contributed by atoms with Crippen molar-refractivity contribution in [2.24, 2.45) is 5.73 Å². The fourth-order valence-corrected chi connectivity index (χ4v) is 1.72. The molecule has 18 heavy (non-hydrogen) atoms. The zero-order valence-corrected chi connectivity index (χ0v) is 11.4. The molecule has 0 atom stereocenters. The molecule has 3 nitrogen and oxygen atoms in total. The molecule has 1 amide bonds. The molecule has 0 fully saturated rings. The number of hydrogen-bond donors (Lipinski definition) is 1. The van der Waals surface area contributed by atoms with Crippen LogP contribution in [-0.2, 0) is 11.2 Å². The molecule has 0 aromatic heterocycles. The lowest BCUT2D eigenvalue weighted by Crippen LogP contribution is -2.37. The summed E-state index contributed by atoms with van der Waals surface area (Å²) in [6.45, 7) is 3.33. The lowest BCUT2D eigenvalue weighted by molar-refractivity contribution is -0.129. The predicted octanol–water partition coefficient (Wildman–Crippen LogP) is 1.99. The molecule has 102 valence electrons. The Bertz CT molecular complexity index is 374. The van der Waals surface area contributed by atoms with Crippen molar-refractivity contribution < 1.29 is 9.18 Å². The standard InChI is InChI=1S/C13H19FN2O.ClH/c1-2-7-16(13(17)10-15)8-6-11-4-3-5-12(14)9-11;/h3-5,9H,2,6-8,10,15H2,1H3;1H. The second-order valence-corrected chi connectivity index (χ2v) is 3.96. The first-order valence-electron chi connectivity index (χ1n) is 5.89. The van der Waals surface area contributed by atoms with Gasteiger partial charge in [-0.25, -0.2) is 4.39 Å². The van der Waals surface area contributed by atoms with Crippen LogP contribution in [0.2, 0.25) is 0 Å². The lowest BCUT2D eigenvalue weighted by atomic mass is 10.1. The predicted molar refractivity (Wildman–Crippen MR) is 73.3 cm³/mol. The summed E-state index contributed by atoms with van der Waals surface area (Å²) in [5.41, 5.74) is 6.24. The highest BCUT2D eigenvalue weighted by Gasteiger charge is 2.10. The molecule has 5 heteroatoms. The fraction of sp³-hybridized carbons (Fsp3) is 0.462. The molecule has 0 aliphatic heterocycles. The van der Waals surface area contributed by atoms with Gasteiger partial charge in [-0.1, -0.05) is 19.1 Å². The van der Waals surface area contributed by atoms with Crippen molar-refractivity contribution in [3.05, 3.63) is 35.6 Å². The molecule has 0 heterocycles. The van der Waals surface area contributed by atoms with Crippen molar-refractivity contribution in [2.75, 3.05) is 19.6 Å². The summed E-state index contributed by atoms with van der Waals surface area (Å²) < 4.78 is 13.0. The number of nitrogens with zero attached hydrogens (tertiary/aromatic N) is 1. The van der Waals surface area contributed by atoms with Crippen LogP contribution in [0.4, 0.5) is 4.39 Å². The maximum Gasteiger partial charge on any atom is 0.236 e. The summed E-state index contributed by atoms with van der Waals surface area (Å²) in [6, 6.07) is 6.45. The molecule has 1 aromatic rings. The van der Waals surface area contributed by atoms with Gasteiger partial charge in [0.1, 0.15) is 5.82 Å². The topological polar surface area (TPSA) is 46.3 Å². The Kier molecular flexibility index (Phi) is 8.33. The number of nitrogens with two attached hydrogens (primary N) is 1. The van der Waals surface area contributed by atoms with E-state index in [2.05, 4.69) is 0 Å². The van der Waals surface area contributed by atoms with Gasteiger partial charge in [0.15, 0.2) is 0 Å². The van der Waals surface area contributed by atoms with Gasteiger partial charge in [-0.05, 0) is 30.5 Å². The van der Waals surface area contributed by atoms with Gasteiger partial charge in [-0.2, -0.15) is 0 Å². The lowest BCUT2D eigenvalue weighted by Gasteiger charge is -2.21. The minimum Gasteiger partial charge on any atom is -0.341 e. The first-order valence-corrected chi connectivity index (χ1v) is 5.89. The van der Waals surface area contributed by atoms with Gasteiger partial charge >= 0.3 is 0 Å². The van der Waals surface area contributed by atoms with E-state index in [1.54, 1.807) is 11.0 Å². The smallest absolute Gasteiger partial charge is 0.236 e. The van der Waals surface area contributed by atoms with Gasteiger partial charge in [0.05, 0.1) is 6.54 Å². The quantitative estimate of drug-likeness (QED) is 0.862. The van der Waals surface area contributed by atoms with Crippen LogP contribution in [-0.4, -0.2) is 30.4 Å². The summed E-state index contributed by atoms with van der Waals surface area (Å²) >= 11 is 0. The van der Waals surface area contributed by atoms with Crippen molar-refractivity contribution in [1.82, 2.24) is 4.90 Å². The van der Waals surface area contributed by atoms with E-state index in [1.165, 1.54) is 12.1 Å². The third kappa shape index (κ3) is 5.47. The molecule has 0 saturated carbocycles. The molecular weight excluding hydrogens is 255 g/mol. The Balaban J connectivity index is 0.00000289. The van der Waals surface area contributed by atoms with E-state index in [9.17, 15) is 9.18 Å². The second-order valence-electron chi connectivity index (χ2n) is 3.96. The highest BCUT2D eigenvalue weighted by Crippen LogP contribution is 2.05. The van der Waals surface area contributed by atoms with Crippen molar-refractivity contribution in [3.63, 3.8) is 0 Å². The number of rotatable bonds is 6. The molecule has 0 aliphatic rings. The summed E-state index contributed by atoms with van der Waals surface area (Å²) in [5, 5.41) is 0. The molecule has 2 N–H and O–H groups in total. The van der Waals surface area contributed by atoms with E-state index in [0.29, 0.717) is 19.5 Å². The molecule has 0 spiro atoms. The van der Waals surface area contributed by atoms with Crippen LogP contribution in [0.5, 0.6) is 0 Å². The third-order valence-electron chi connectivity index (χ3n) is 2.58. The number of benzene rings is 1. The van der Waals surface area contributed by atoms with Crippen LogP contribution in [0.3, 0.4) is 0 Å². The molecule has 0 bridgehead atoms. The highest BCUT2D eigenvalue weighted by molar-refractivity contribution is 5.85.